The minimum absolute atomic E-state index is 0.515. The van der Waals surface area contributed by atoms with Crippen LogP contribution in [-0.2, 0) is 0 Å². The standard InChI is InChI=1S/C7H12N4/c8-3-5-10-6-2-1-4-11-7(6)9/h1-2,4,10H,3,5,8H2,(H2,9,11). The molecular weight excluding hydrogens is 140 g/mol. The Hall–Kier alpha value is -1.29. The summed E-state index contributed by atoms with van der Waals surface area (Å²) in [5, 5.41) is 3.05. The van der Waals surface area contributed by atoms with E-state index in [1.807, 2.05) is 12.1 Å². The van der Waals surface area contributed by atoms with Crippen molar-refractivity contribution in [2.45, 2.75) is 0 Å². The molecule has 11 heavy (non-hydrogen) atoms. The second-order valence-electron chi connectivity index (χ2n) is 2.15. The van der Waals surface area contributed by atoms with Crippen molar-refractivity contribution in [3.05, 3.63) is 18.3 Å². The molecule has 0 saturated carbocycles. The number of rotatable bonds is 3. The van der Waals surface area contributed by atoms with Gasteiger partial charge in [-0.05, 0) is 12.1 Å². The lowest BCUT2D eigenvalue weighted by Gasteiger charge is -2.05. The SMILES string of the molecule is NCCNc1cccnc1N. The Labute approximate surface area is 65.6 Å². The highest BCUT2D eigenvalue weighted by molar-refractivity contribution is 5.60. The third-order valence-electron chi connectivity index (χ3n) is 1.30. The smallest absolute Gasteiger partial charge is 0.146 e. The maximum absolute atomic E-state index is 5.55. The molecule has 4 heteroatoms. The number of nitrogens with two attached hydrogens (primary N) is 2. The first-order valence-corrected chi connectivity index (χ1v) is 3.49. The summed E-state index contributed by atoms with van der Waals surface area (Å²) < 4.78 is 0. The number of anilines is 2. The van der Waals surface area contributed by atoms with E-state index in [2.05, 4.69) is 10.3 Å². The van der Waals surface area contributed by atoms with Crippen LogP contribution >= 0.6 is 0 Å². The van der Waals surface area contributed by atoms with E-state index in [4.69, 9.17) is 11.5 Å². The molecule has 1 rings (SSSR count). The van der Waals surface area contributed by atoms with Gasteiger partial charge in [0.1, 0.15) is 5.82 Å². The monoisotopic (exact) mass is 152 g/mol. The Balaban J connectivity index is 2.62. The fourth-order valence-corrected chi connectivity index (χ4v) is 0.774. The molecule has 0 atom stereocenters. The highest BCUT2D eigenvalue weighted by Gasteiger charge is 1.94. The lowest BCUT2D eigenvalue weighted by atomic mass is 10.4. The minimum atomic E-state index is 0.515. The minimum Gasteiger partial charge on any atom is -0.382 e. The molecule has 0 aliphatic carbocycles. The van der Waals surface area contributed by atoms with E-state index >= 15 is 0 Å². The van der Waals surface area contributed by atoms with E-state index in [1.165, 1.54) is 0 Å². The molecule has 60 valence electrons. The fraction of sp³-hybridized carbons (Fsp3) is 0.286. The van der Waals surface area contributed by atoms with Crippen molar-refractivity contribution >= 4 is 11.5 Å². The summed E-state index contributed by atoms with van der Waals surface area (Å²) in [4.78, 5) is 3.91. The van der Waals surface area contributed by atoms with Gasteiger partial charge in [-0.25, -0.2) is 4.98 Å². The Morgan fingerprint density at radius 1 is 1.55 bits per heavy atom. The molecule has 0 radical (unpaired) electrons. The van der Waals surface area contributed by atoms with Crippen LogP contribution < -0.4 is 16.8 Å². The van der Waals surface area contributed by atoms with Gasteiger partial charge in [0, 0.05) is 19.3 Å². The number of pyridine rings is 1. The van der Waals surface area contributed by atoms with Gasteiger partial charge < -0.3 is 16.8 Å². The molecule has 1 aromatic rings. The molecule has 0 unspecified atom stereocenters. The number of nitrogen functional groups attached to an aromatic ring is 1. The quantitative estimate of drug-likeness (QED) is 0.571. The van der Waals surface area contributed by atoms with Crippen LogP contribution in [0.5, 0.6) is 0 Å². The average molecular weight is 152 g/mol. The van der Waals surface area contributed by atoms with Gasteiger partial charge >= 0.3 is 0 Å². The second kappa shape index (κ2) is 3.78. The van der Waals surface area contributed by atoms with Crippen molar-refractivity contribution < 1.29 is 0 Å². The molecule has 0 bridgehead atoms. The van der Waals surface area contributed by atoms with Crippen molar-refractivity contribution in [2.75, 3.05) is 24.1 Å². The number of hydrogen-bond donors (Lipinski definition) is 3. The number of nitrogens with one attached hydrogen (secondary N) is 1. The third-order valence-corrected chi connectivity index (χ3v) is 1.30. The molecule has 0 aliphatic rings. The van der Waals surface area contributed by atoms with Gasteiger partial charge in [-0.1, -0.05) is 0 Å². The molecule has 0 aromatic carbocycles. The predicted molar refractivity (Wildman–Crippen MR) is 46.2 cm³/mol. The summed E-state index contributed by atoms with van der Waals surface area (Å²) >= 11 is 0. The van der Waals surface area contributed by atoms with Crippen molar-refractivity contribution in [1.29, 1.82) is 0 Å². The topological polar surface area (TPSA) is 77.0 Å². The van der Waals surface area contributed by atoms with Gasteiger partial charge in [0.15, 0.2) is 0 Å². The van der Waals surface area contributed by atoms with Crippen molar-refractivity contribution in [1.82, 2.24) is 4.98 Å². The largest absolute Gasteiger partial charge is 0.382 e. The lowest BCUT2D eigenvalue weighted by Crippen LogP contribution is -2.14. The number of nitrogens with zero attached hydrogens (tertiary/aromatic N) is 1. The van der Waals surface area contributed by atoms with Crippen LogP contribution in [0.25, 0.3) is 0 Å². The van der Waals surface area contributed by atoms with E-state index < -0.39 is 0 Å². The van der Waals surface area contributed by atoms with Crippen LogP contribution in [-0.4, -0.2) is 18.1 Å². The molecular formula is C7H12N4. The number of hydrogen-bond acceptors (Lipinski definition) is 4. The zero-order valence-electron chi connectivity index (χ0n) is 6.25. The lowest BCUT2D eigenvalue weighted by molar-refractivity contribution is 1.02. The Bertz CT molecular complexity index is 223. The van der Waals surface area contributed by atoms with Crippen LogP contribution in [0.15, 0.2) is 18.3 Å². The zero-order valence-corrected chi connectivity index (χ0v) is 6.25. The molecule has 1 aromatic heterocycles. The van der Waals surface area contributed by atoms with Gasteiger partial charge in [0.25, 0.3) is 0 Å². The van der Waals surface area contributed by atoms with Crippen LogP contribution in [0, 0.1) is 0 Å². The van der Waals surface area contributed by atoms with E-state index in [0.29, 0.717) is 12.4 Å². The van der Waals surface area contributed by atoms with Gasteiger partial charge in [-0.2, -0.15) is 0 Å². The molecule has 5 N–H and O–H groups in total. The first kappa shape index (κ1) is 7.81. The van der Waals surface area contributed by atoms with Crippen LogP contribution in [0.4, 0.5) is 11.5 Å². The maximum Gasteiger partial charge on any atom is 0.146 e. The van der Waals surface area contributed by atoms with E-state index in [1.54, 1.807) is 6.20 Å². The number of aromatic nitrogens is 1. The van der Waals surface area contributed by atoms with E-state index in [9.17, 15) is 0 Å². The normalized spacial score (nSPS) is 9.55. The fourth-order valence-electron chi connectivity index (χ4n) is 0.774. The molecule has 0 saturated heterocycles. The molecule has 0 fully saturated rings. The van der Waals surface area contributed by atoms with Gasteiger partial charge in [0.05, 0.1) is 5.69 Å². The van der Waals surface area contributed by atoms with Gasteiger partial charge in [-0.3, -0.25) is 0 Å². The Morgan fingerprint density at radius 3 is 3.00 bits per heavy atom. The molecule has 0 spiro atoms. The van der Waals surface area contributed by atoms with Crippen LogP contribution in [0.2, 0.25) is 0 Å². The Kier molecular flexibility index (Phi) is 2.68. The van der Waals surface area contributed by atoms with Gasteiger partial charge in [0.2, 0.25) is 0 Å². The van der Waals surface area contributed by atoms with Crippen molar-refractivity contribution in [3.8, 4) is 0 Å². The van der Waals surface area contributed by atoms with Crippen molar-refractivity contribution in [2.24, 2.45) is 5.73 Å². The second-order valence-corrected chi connectivity index (χ2v) is 2.15. The van der Waals surface area contributed by atoms with Crippen LogP contribution in [0.3, 0.4) is 0 Å². The van der Waals surface area contributed by atoms with Crippen LogP contribution in [0.1, 0.15) is 0 Å². The van der Waals surface area contributed by atoms with E-state index in [-0.39, 0.29) is 0 Å². The highest BCUT2D eigenvalue weighted by Crippen LogP contribution is 2.12. The van der Waals surface area contributed by atoms with E-state index in [0.717, 1.165) is 12.2 Å². The summed E-state index contributed by atoms with van der Waals surface area (Å²) in [6.07, 6.45) is 1.66. The summed E-state index contributed by atoms with van der Waals surface area (Å²) in [6, 6.07) is 3.70. The zero-order chi connectivity index (χ0) is 8.10. The molecule has 4 nitrogen and oxygen atoms in total. The average Bonchev–Trinajstić information content (AvgIpc) is 2.03. The molecule has 0 aliphatic heterocycles. The van der Waals surface area contributed by atoms with Crippen molar-refractivity contribution in [3.63, 3.8) is 0 Å². The predicted octanol–water partition coefficient (Wildman–Crippen LogP) is 0.0344. The molecule has 0 amide bonds. The van der Waals surface area contributed by atoms with Gasteiger partial charge in [-0.15, -0.1) is 0 Å². The Morgan fingerprint density at radius 2 is 2.36 bits per heavy atom. The highest BCUT2D eigenvalue weighted by atomic mass is 15.0. The maximum atomic E-state index is 5.55. The first-order chi connectivity index (χ1) is 5.34. The summed E-state index contributed by atoms with van der Waals surface area (Å²) in [5.74, 6) is 0.515. The summed E-state index contributed by atoms with van der Waals surface area (Å²) in [7, 11) is 0. The first-order valence-electron chi connectivity index (χ1n) is 3.49. The summed E-state index contributed by atoms with van der Waals surface area (Å²) in [6.45, 7) is 1.31. The molecule has 1 heterocycles. The third kappa shape index (κ3) is 2.09. The summed E-state index contributed by atoms with van der Waals surface area (Å²) in [5.41, 5.74) is 11.7.